The first-order valence-electron chi connectivity index (χ1n) is 4.06. The van der Waals surface area contributed by atoms with Crippen molar-refractivity contribution in [1.82, 2.24) is 0 Å². The number of anilines is 1. The van der Waals surface area contributed by atoms with E-state index < -0.39 is 12.1 Å². The molecule has 1 N–H and O–H groups in total. The summed E-state index contributed by atoms with van der Waals surface area (Å²) in [4.78, 5) is 10.6. The summed E-state index contributed by atoms with van der Waals surface area (Å²) in [6.45, 7) is 0. The maximum Gasteiger partial charge on any atom is 0.471 e. The maximum atomic E-state index is 11.9. The number of ether oxygens (including phenoxy) is 1. The standard InChI is InChI=1S/C9H7BrF3NO2/c1-16-7-4-5(2-3-6(7)10)14-8(15)9(11,12)13/h2-4H,1H3,(H,14,15). The first kappa shape index (κ1) is 12.8. The Morgan fingerprint density at radius 1 is 1.44 bits per heavy atom. The van der Waals surface area contributed by atoms with Gasteiger partial charge in [0, 0.05) is 11.8 Å². The van der Waals surface area contributed by atoms with Gasteiger partial charge in [-0.05, 0) is 28.1 Å². The van der Waals surface area contributed by atoms with E-state index >= 15 is 0 Å². The van der Waals surface area contributed by atoms with Crippen LogP contribution in [0.1, 0.15) is 0 Å². The van der Waals surface area contributed by atoms with E-state index in [1.807, 2.05) is 0 Å². The minimum atomic E-state index is -4.90. The summed E-state index contributed by atoms with van der Waals surface area (Å²) >= 11 is 3.14. The summed E-state index contributed by atoms with van der Waals surface area (Å²) in [6.07, 6.45) is -4.90. The van der Waals surface area contributed by atoms with E-state index in [-0.39, 0.29) is 5.69 Å². The minimum Gasteiger partial charge on any atom is -0.495 e. The Labute approximate surface area is 97.7 Å². The lowest BCUT2D eigenvalue weighted by atomic mass is 10.3. The molecular formula is C9H7BrF3NO2. The number of carbonyl (C=O) groups excluding carboxylic acids is 1. The molecule has 3 nitrogen and oxygen atoms in total. The highest BCUT2D eigenvalue weighted by Crippen LogP contribution is 2.28. The van der Waals surface area contributed by atoms with Crippen LogP contribution in [0, 0.1) is 0 Å². The highest BCUT2D eigenvalue weighted by Gasteiger charge is 2.38. The van der Waals surface area contributed by atoms with Gasteiger partial charge in [0.05, 0.1) is 11.6 Å². The van der Waals surface area contributed by atoms with Gasteiger partial charge in [-0.1, -0.05) is 0 Å². The molecule has 1 aromatic carbocycles. The molecule has 16 heavy (non-hydrogen) atoms. The lowest BCUT2D eigenvalue weighted by Gasteiger charge is -2.09. The lowest BCUT2D eigenvalue weighted by Crippen LogP contribution is -2.29. The van der Waals surface area contributed by atoms with Crippen molar-refractivity contribution in [3.63, 3.8) is 0 Å². The molecule has 0 aliphatic rings. The Morgan fingerprint density at radius 3 is 2.56 bits per heavy atom. The predicted molar refractivity (Wildman–Crippen MR) is 55.4 cm³/mol. The number of nitrogens with one attached hydrogen (secondary N) is 1. The van der Waals surface area contributed by atoms with E-state index in [4.69, 9.17) is 4.74 Å². The molecule has 0 bridgehead atoms. The van der Waals surface area contributed by atoms with E-state index in [9.17, 15) is 18.0 Å². The first-order chi connectivity index (χ1) is 7.34. The van der Waals surface area contributed by atoms with Gasteiger partial charge in [0.25, 0.3) is 0 Å². The number of benzene rings is 1. The van der Waals surface area contributed by atoms with Gasteiger partial charge in [0.1, 0.15) is 5.75 Å². The highest BCUT2D eigenvalue weighted by atomic mass is 79.9. The van der Waals surface area contributed by atoms with Gasteiger partial charge >= 0.3 is 12.1 Å². The smallest absolute Gasteiger partial charge is 0.471 e. The van der Waals surface area contributed by atoms with Crippen molar-refractivity contribution in [2.24, 2.45) is 0 Å². The Balaban J connectivity index is 2.87. The zero-order valence-corrected chi connectivity index (χ0v) is 9.65. The van der Waals surface area contributed by atoms with Crippen LogP contribution in [0.4, 0.5) is 18.9 Å². The van der Waals surface area contributed by atoms with Crippen LogP contribution in [0.15, 0.2) is 22.7 Å². The summed E-state index contributed by atoms with van der Waals surface area (Å²) in [7, 11) is 1.37. The number of amides is 1. The molecule has 0 unspecified atom stereocenters. The summed E-state index contributed by atoms with van der Waals surface area (Å²) in [6, 6.07) is 4.09. The SMILES string of the molecule is COc1cc(NC(=O)C(F)(F)F)ccc1Br. The Morgan fingerprint density at radius 2 is 2.06 bits per heavy atom. The quantitative estimate of drug-likeness (QED) is 0.911. The predicted octanol–water partition coefficient (Wildman–Crippen LogP) is 2.96. The summed E-state index contributed by atoms with van der Waals surface area (Å²) in [5.74, 6) is -1.68. The van der Waals surface area contributed by atoms with Crippen molar-refractivity contribution in [1.29, 1.82) is 0 Å². The molecular weight excluding hydrogens is 291 g/mol. The van der Waals surface area contributed by atoms with Crippen LogP contribution in [0.2, 0.25) is 0 Å². The fourth-order valence-corrected chi connectivity index (χ4v) is 1.35. The van der Waals surface area contributed by atoms with Crippen LogP contribution < -0.4 is 10.1 Å². The van der Waals surface area contributed by atoms with Crippen molar-refractivity contribution in [3.05, 3.63) is 22.7 Å². The summed E-state index contributed by atoms with van der Waals surface area (Å²) in [5.41, 5.74) is 0.0161. The fraction of sp³-hybridized carbons (Fsp3) is 0.222. The van der Waals surface area contributed by atoms with Crippen molar-refractivity contribution < 1.29 is 22.7 Å². The van der Waals surface area contributed by atoms with Gasteiger partial charge in [-0.15, -0.1) is 0 Å². The minimum absolute atomic E-state index is 0.0161. The van der Waals surface area contributed by atoms with Gasteiger partial charge in [-0.25, -0.2) is 0 Å². The molecule has 0 saturated carbocycles. The average molecular weight is 298 g/mol. The van der Waals surface area contributed by atoms with Crippen LogP contribution in [0.25, 0.3) is 0 Å². The molecule has 0 aliphatic carbocycles. The van der Waals surface area contributed by atoms with Crippen molar-refractivity contribution in [2.75, 3.05) is 12.4 Å². The molecule has 1 rings (SSSR count). The number of hydrogen-bond acceptors (Lipinski definition) is 2. The molecule has 0 heterocycles. The third-order valence-corrected chi connectivity index (χ3v) is 2.32. The van der Waals surface area contributed by atoms with Crippen molar-refractivity contribution >= 4 is 27.5 Å². The largest absolute Gasteiger partial charge is 0.495 e. The van der Waals surface area contributed by atoms with Crippen LogP contribution in [-0.4, -0.2) is 19.2 Å². The summed E-state index contributed by atoms with van der Waals surface area (Å²) in [5, 5.41) is 1.72. The maximum absolute atomic E-state index is 11.9. The molecule has 7 heteroatoms. The lowest BCUT2D eigenvalue weighted by molar-refractivity contribution is -0.167. The highest BCUT2D eigenvalue weighted by molar-refractivity contribution is 9.10. The molecule has 0 radical (unpaired) electrons. The first-order valence-corrected chi connectivity index (χ1v) is 4.85. The molecule has 88 valence electrons. The third-order valence-electron chi connectivity index (χ3n) is 1.67. The van der Waals surface area contributed by atoms with E-state index in [1.54, 1.807) is 5.32 Å². The number of carbonyl (C=O) groups is 1. The van der Waals surface area contributed by atoms with E-state index in [1.165, 1.54) is 25.3 Å². The van der Waals surface area contributed by atoms with Crippen LogP contribution in [-0.2, 0) is 4.79 Å². The molecule has 0 aliphatic heterocycles. The number of methoxy groups -OCH3 is 1. The monoisotopic (exact) mass is 297 g/mol. The second kappa shape index (κ2) is 4.73. The van der Waals surface area contributed by atoms with Gasteiger partial charge in [-0.3, -0.25) is 4.79 Å². The van der Waals surface area contributed by atoms with Crippen LogP contribution in [0.5, 0.6) is 5.75 Å². The Bertz CT molecular complexity index is 406. The zero-order valence-electron chi connectivity index (χ0n) is 8.06. The van der Waals surface area contributed by atoms with Crippen molar-refractivity contribution in [2.45, 2.75) is 6.18 Å². The van der Waals surface area contributed by atoms with E-state index in [0.29, 0.717) is 10.2 Å². The zero-order chi connectivity index (χ0) is 12.3. The van der Waals surface area contributed by atoms with Gasteiger partial charge < -0.3 is 10.1 Å². The second-order valence-corrected chi connectivity index (χ2v) is 3.66. The van der Waals surface area contributed by atoms with Crippen LogP contribution in [0.3, 0.4) is 0 Å². The van der Waals surface area contributed by atoms with Gasteiger partial charge in [0.15, 0.2) is 0 Å². The third kappa shape index (κ3) is 3.13. The number of alkyl halides is 3. The normalized spacial score (nSPS) is 11.1. The molecule has 0 saturated heterocycles. The Kier molecular flexibility index (Phi) is 3.79. The number of rotatable bonds is 2. The molecule has 0 aromatic heterocycles. The van der Waals surface area contributed by atoms with Gasteiger partial charge in [-0.2, -0.15) is 13.2 Å². The molecule has 1 aromatic rings. The average Bonchev–Trinajstić information content (AvgIpc) is 2.19. The molecule has 0 spiro atoms. The van der Waals surface area contributed by atoms with E-state index in [2.05, 4.69) is 15.9 Å². The van der Waals surface area contributed by atoms with Crippen LogP contribution >= 0.6 is 15.9 Å². The number of halogens is 4. The van der Waals surface area contributed by atoms with Crippen molar-refractivity contribution in [3.8, 4) is 5.75 Å². The topological polar surface area (TPSA) is 38.3 Å². The summed E-state index contributed by atoms with van der Waals surface area (Å²) < 4.78 is 41.3. The second-order valence-electron chi connectivity index (χ2n) is 2.80. The van der Waals surface area contributed by atoms with Gasteiger partial charge in [0.2, 0.25) is 0 Å². The van der Waals surface area contributed by atoms with E-state index in [0.717, 1.165) is 0 Å². The molecule has 0 atom stereocenters. The number of hydrogen-bond donors (Lipinski definition) is 1. The fourth-order valence-electron chi connectivity index (χ4n) is 0.940. The molecule has 1 amide bonds. The Hall–Kier alpha value is -1.24. The molecule has 0 fully saturated rings.